The minimum atomic E-state index is 0.572. The minimum Gasteiger partial charge on any atom is -0.314 e. The van der Waals surface area contributed by atoms with Crippen LogP contribution in [0.25, 0.3) is 0 Å². The van der Waals surface area contributed by atoms with Gasteiger partial charge >= 0.3 is 0 Å². The molecule has 0 bridgehead atoms. The Morgan fingerprint density at radius 3 is 2.07 bits per heavy atom. The summed E-state index contributed by atoms with van der Waals surface area (Å²) >= 11 is 0. The molecule has 2 N–H and O–H groups in total. The van der Waals surface area contributed by atoms with Crippen LogP contribution in [-0.4, -0.2) is 49.2 Å². The van der Waals surface area contributed by atoms with E-state index in [1.807, 2.05) is 0 Å². The maximum atomic E-state index is 3.62. The molecule has 0 radical (unpaired) electrons. The van der Waals surface area contributed by atoms with Crippen LogP contribution in [0.5, 0.6) is 0 Å². The molecule has 1 aliphatic rings. The van der Waals surface area contributed by atoms with Crippen LogP contribution in [0.15, 0.2) is 0 Å². The summed E-state index contributed by atoms with van der Waals surface area (Å²) in [6.45, 7) is 11.3. The lowest BCUT2D eigenvalue weighted by molar-refractivity contribution is 0.264. The Morgan fingerprint density at radius 1 is 1.07 bits per heavy atom. The smallest absolute Gasteiger partial charge is 0.0363 e. The van der Waals surface area contributed by atoms with Crippen molar-refractivity contribution >= 4 is 0 Å². The van der Waals surface area contributed by atoms with Crippen LogP contribution in [0.4, 0.5) is 0 Å². The van der Waals surface area contributed by atoms with Gasteiger partial charge in [0.05, 0.1) is 0 Å². The minimum absolute atomic E-state index is 0.572. The van der Waals surface area contributed by atoms with E-state index in [4.69, 9.17) is 0 Å². The molecule has 84 valence electrons. The molecule has 0 saturated carbocycles. The highest BCUT2D eigenvalue weighted by atomic mass is 15.3. The normalized spacial score (nSPS) is 29.4. The molecule has 0 amide bonds. The summed E-state index contributed by atoms with van der Waals surface area (Å²) in [5, 5.41) is 7.02. The second-order valence-electron chi connectivity index (χ2n) is 4.87. The van der Waals surface area contributed by atoms with Crippen LogP contribution in [0.1, 0.15) is 27.7 Å². The van der Waals surface area contributed by atoms with Gasteiger partial charge in [-0.1, -0.05) is 13.8 Å². The summed E-state index contributed by atoms with van der Waals surface area (Å²) in [6, 6.07) is 2.43. The monoisotopic (exact) mass is 199 g/mol. The fraction of sp³-hybridized carbons (Fsp3) is 1.00. The Morgan fingerprint density at radius 2 is 1.64 bits per heavy atom. The first-order valence-corrected chi connectivity index (χ1v) is 5.72. The second-order valence-corrected chi connectivity index (χ2v) is 4.87. The summed E-state index contributed by atoms with van der Waals surface area (Å²) in [6.07, 6.45) is 0. The lowest BCUT2D eigenvalue weighted by Gasteiger charge is -2.22. The predicted molar refractivity (Wildman–Crippen MR) is 61.6 cm³/mol. The molecule has 0 aromatic rings. The van der Waals surface area contributed by atoms with Gasteiger partial charge in [0.25, 0.3) is 0 Å². The summed E-state index contributed by atoms with van der Waals surface area (Å²) < 4.78 is 0. The Balaban J connectivity index is 2.49. The molecule has 1 saturated heterocycles. The zero-order valence-electron chi connectivity index (χ0n) is 10.2. The first-order valence-electron chi connectivity index (χ1n) is 5.72. The van der Waals surface area contributed by atoms with Crippen LogP contribution in [0.3, 0.4) is 0 Å². The zero-order chi connectivity index (χ0) is 10.7. The zero-order valence-corrected chi connectivity index (χ0v) is 10.2. The van der Waals surface area contributed by atoms with Crippen LogP contribution in [0.2, 0.25) is 0 Å². The SMILES string of the molecule is CN[C@H]1CN(C(C)C)C[C@H]1NC(C)C. The van der Waals surface area contributed by atoms with Gasteiger partial charge in [-0.25, -0.2) is 0 Å². The van der Waals surface area contributed by atoms with Gasteiger partial charge in [-0.3, -0.25) is 4.90 Å². The molecular formula is C11H25N3. The molecule has 3 heteroatoms. The van der Waals surface area contributed by atoms with Crippen molar-refractivity contribution in [2.45, 2.75) is 51.9 Å². The van der Waals surface area contributed by atoms with Crippen LogP contribution < -0.4 is 10.6 Å². The fourth-order valence-corrected chi connectivity index (χ4v) is 2.15. The van der Waals surface area contributed by atoms with E-state index < -0.39 is 0 Å². The van der Waals surface area contributed by atoms with Crippen LogP contribution >= 0.6 is 0 Å². The van der Waals surface area contributed by atoms with E-state index in [-0.39, 0.29) is 0 Å². The number of hydrogen-bond acceptors (Lipinski definition) is 3. The van der Waals surface area contributed by atoms with Gasteiger partial charge < -0.3 is 10.6 Å². The Hall–Kier alpha value is -0.120. The van der Waals surface area contributed by atoms with E-state index in [9.17, 15) is 0 Å². The van der Waals surface area contributed by atoms with E-state index in [2.05, 4.69) is 50.3 Å². The van der Waals surface area contributed by atoms with Gasteiger partial charge in [0.1, 0.15) is 0 Å². The highest BCUT2D eigenvalue weighted by molar-refractivity contribution is 4.94. The van der Waals surface area contributed by atoms with Crippen molar-refractivity contribution in [1.29, 1.82) is 0 Å². The van der Waals surface area contributed by atoms with Gasteiger partial charge in [-0.15, -0.1) is 0 Å². The third kappa shape index (κ3) is 2.94. The van der Waals surface area contributed by atoms with Crippen molar-refractivity contribution in [2.24, 2.45) is 0 Å². The maximum absolute atomic E-state index is 3.62. The van der Waals surface area contributed by atoms with E-state index >= 15 is 0 Å². The fourth-order valence-electron chi connectivity index (χ4n) is 2.15. The lowest BCUT2D eigenvalue weighted by Crippen LogP contribution is -2.48. The number of rotatable bonds is 4. The molecule has 3 nitrogen and oxygen atoms in total. The van der Waals surface area contributed by atoms with Gasteiger partial charge in [-0.05, 0) is 20.9 Å². The Bertz CT molecular complexity index is 168. The molecule has 0 spiro atoms. The van der Waals surface area contributed by atoms with Crippen LogP contribution in [0, 0.1) is 0 Å². The molecule has 1 rings (SSSR count). The molecule has 0 aromatic heterocycles. The van der Waals surface area contributed by atoms with Gasteiger partial charge in [0, 0.05) is 37.3 Å². The van der Waals surface area contributed by atoms with Gasteiger partial charge in [-0.2, -0.15) is 0 Å². The first-order chi connectivity index (χ1) is 6.54. The van der Waals surface area contributed by atoms with E-state index in [0.29, 0.717) is 24.2 Å². The van der Waals surface area contributed by atoms with Gasteiger partial charge in [0.2, 0.25) is 0 Å². The van der Waals surface area contributed by atoms with Crippen molar-refractivity contribution in [3.63, 3.8) is 0 Å². The standard InChI is InChI=1S/C11H25N3/c1-8(2)13-11-7-14(9(3)4)6-10(11)12-5/h8-13H,6-7H2,1-5H3/t10-,11+/m0/s1. The average Bonchev–Trinajstić information content (AvgIpc) is 2.46. The van der Waals surface area contributed by atoms with Crippen molar-refractivity contribution in [1.82, 2.24) is 15.5 Å². The molecule has 1 fully saturated rings. The van der Waals surface area contributed by atoms with Crippen molar-refractivity contribution in [3.8, 4) is 0 Å². The summed E-state index contributed by atoms with van der Waals surface area (Å²) in [5.74, 6) is 0. The van der Waals surface area contributed by atoms with Crippen molar-refractivity contribution in [3.05, 3.63) is 0 Å². The largest absolute Gasteiger partial charge is 0.314 e. The number of nitrogens with one attached hydrogen (secondary N) is 2. The second kappa shape index (κ2) is 5.10. The Labute approximate surface area is 88.2 Å². The third-order valence-corrected chi connectivity index (χ3v) is 3.00. The summed E-state index contributed by atoms with van der Waals surface area (Å²) in [7, 11) is 2.06. The van der Waals surface area contributed by atoms with Crippen LogP contribution in [-0.2, 0) is 0 Å². The predicted octanol–water partition coefficient (Wildman–Crippen LogP) is 0.665. The first kappa shape index (κ1) is 12.0. The van der Waals surface area contributed by atoms with Crippen molar-refractivity contribution < 1.29 is 0 Å². The van der Waals surface area contributed by atoms with Crippen molar-refractivity contribution in [2.75, 3.05) is 20.1 Å². The number of hydrogen-bond donors (Lipinski definition) is 2. The number of likely N-dealkylation sites (tertiary alicyclic amines) is 1. The van der Waals surface area contributed by atoms with E-state index in [1.54, 1.807) is 0 Å². The molecule has 1 aliphatic heterocycles. The number of nitrogens with zero attached hydrogens (tertiary/aromatic N) is 1. The molecule has 0 aromatic carbocycles. The lowest BCUT2D eigenvalue weighted by atomic mass is 10.1. The van der Waals surface area contributed by atoms with Gasteiger partial charge in [0.15, 0.2) is 0 Å². The molecule has 2 atom stereocenters. The highest BCUT2D eigenvalue weighted by Crippen LogP contribution is 2.13. The molecule has 0 unspecified atom stereocenters. The average molecular weight is 199 g/mol. The molecule has 14 heavy (non-hydrogen) atoms. The third-order valence-electron chi connectivity index (χ3n) is 3.00. The summed E-state index contributed by atoms with van der Waals surface area (Å²) in [4.78, 5) is 2.53. The number of likely N-dealkylation sites (N-methyl/N-ethyl adjacent to an activating group) is 1. The quantitative estimate of drug-likeness (QED) is 0.697. The topological polar surface area (TPSA) is 27.3 Å². The molecule has 1 heterocycles. The maximum Gasteiger partial charge on any atom is 0.0363 e. The molecular weight excluding hydrogens is 174 g/mol. The molecule has 0 aliphatic carbocycles. The Kier molecular flexibility index (Phi) is 4.35. The van der Waals surface area contributed by atoms with E-state index in [0.717, 1.165) is 0 Å². The summed E-state index contributed by atoms with van der Waals surface area (Å²) in [5.41, 5.74) is 0. The highest BCUT2D eigenvalue weighted by Gasteiger charge is 2.32. The van der Waals surface area contributed by atoms with E-state index in [1.165, 1.54) is 13.1 Å².